The van der Waals surface area contributed by atoms with E-state index in [1.165, 1.54) is 109 Å². The molecule has 0 aliphatic heterocycles. The number of carbonyl (C=O) groups is 1. The molecular weight excluding hydrogens is 470 g/mol. The number of carbonyl (C=O) groups excluding carboxylic acids is 1. The van der Waals surface area contributed by atoms with Crippen molar-refractivity contribution in [3.63, 3.8) is 0 Å². The highest BCUT2D eigenvalue weighted by Gasteiger charge is 2.17. The molecular formula is C34H65NO3. The summed E-state index contributed by atoms with van der Waals surface area (Å²) in [5.74, 6) is -0.0759. The maximum atomic E-state index is 12.2. The second kappa shape index (κ2) is 30.4. The van der Waals surface area contributed by atoms with E-state index in [-0.39, 0.29) is 12.5 Å². The second-order valence-electron chi connectivity index (χ2n) is 11.2. The van der Waals surface area contributed by atoms with Gasteiger partial charge in [0.2, 0.25) is 5.91 Å². The van der Waals surface area contributed by atoms with Crippen LogP contribution in [0.25, 0.3) is 0 Å². The molecule has 0 aromatic carbocycles. The highest BCUT2D eigenvalue weighted by atomic mass is 16.3. The molecule has 4 heteroatoms. The molecule has 2 atom stereocenters. The van der Waals surface area contributed by atoms with Gasteiger partial charge < -0.3 is 15.5 Å². The maximum Gasteiger partial charge on any atom is 0.220 e. The fourth-order valence-corrected chi connectivity index (χ4v) is 4.82. The lowest BCUT2D eigenvalue weighted by molar-refractivity contribution is -0.123. The first kappa shape index (κ1) is 36.9. The number of allylic oxidation sites excluding steroid dienone is 3. The van der Waals surface area contributed by atoms with E-state index in [0.717, 1.165) is 38.5 Å². The third kappa shape index (κ3) is 26.5. The van der Waals surface area contributed by atoms with Crippen LogP contribution < -0.4 is 5.32 Å². The summed E-state index contributed by atoms with van der Waals surface area (Å²) in [5.41, 5.74) is 0. The van der Waals surface area contributed by atoms with Crippen LogP contribution in [0.3, 0.4) is 0 Å². The second-order valence-corrected chi connectivity index (χ2v) is 11.2. The molecule has 0 aromatic heterocycles. The molecule has 0 unspecified atom stereocenters. The highest BCUT2D eigenvalue weighted by Crippen LogP contribution is 2.12. The van der Waals surface area contributed by atoms with Gasteiger partial charge in [-0.3, -0.25) is 4.79 Å². The highest BCUT2D eigenvalue weighted by molar-refractivity contribution is 5.76. The summed E-state index contributed by atoms with van der Waals surface area (Å²) in [7, 11) is 0. The molecule has 38 heavy (non-hydrogen) atoms. The van der Waals surface area contributed by atoms with E-state index in [1.807, 2.05) is 6.08 Å². The van der Waals surface area contributed by atoms with Crippen molar-refractivity contribution in [2.75, 3.05) is 6.61 Å². The Morgan fingerprint density at radius 3 is 1.45 bits per heavy atom. The van der Waals surface area contributed by atoms with Crippen molar-refractivity contribution in [1.82, 2.24) is 5.32 Å². The predicted molar refractivity (Wildman–Crippen MR) is 165 cm³/mol. The third-order valence-electron chi connectivity index (χ3n) is 7.43. The molecule has 0 aromatic rings. The number of amides is 1. The van der Waals surface area contributed by atoms with Gasteiger partial charge in [-0.1, -0.05) is 141 Å². The topological polar surface area (TPSA) is 69.6 Å². The summed E-state index contributed by atoms with van der Waals surface area (Å²) in [5, 5.41) is 22.8. The van der Waals surface area contributed by atoms with Crippen LogP contribution in [0.4, 0.5) is 0 Å². The molecule has 0 spiro atoms. The zero-order chi connectivity index (χ0) is 27.9. The van der Waals surface area contributed by atoms with Gasteiger partial charge in [-0.05, 0) is 44.9 Å². The minimum atomic E-state index is -0.837. The average Bonchev–Trinajstić information content (AvgIpc) is 2.92. The SMILES string of the molecule is CCCCCCC/C=C/CCCCCCCC(=O)N[C@@H](CO)[C@H](O)/C=C/CCCCCCCCCCCC. The van der Waals surface area contributed by atoms with Crippen LogP contribution in [-0.2, 0) is 4.79 Å². The normalized spacial score (nSPS) is 13.5. The van der Waals surface area contributed by atoms with Gasteiger partial charge in [-0.2, -0.15) is 0 Å². The minimum absolute atomic E-state index is 0.0759. The zero-order valence-corrected chi connectivity index (χ0v) is 25.4. The van der Waals surface area contributed by atoms with Gasteiger partial charge in [0, 0.05) is 6.42 Å². The van der Waals surface area contributed by atoms with Gasteiger partial charge in [-0.15, -0.1) is 0 Å². The van der Waals surface area contributed by atoms with E-state index in [0.29, 0.717) is 6.42 Å². The van der Waals surface area contributed by atoms with E-state index in [9.17, 15) is 15.0 Å². The fourth-order valence-electron chi connectivity index (χ4n) is 4.82. The Hall–Kier alpha value is -1.13. The molecule has 0 rings (SSSR count). The lowest BCUT2D eigenvalue weighted by Gasteiger charge is -2.20. The lowest BCUT2D eigenvalue weighted by atomic mass is 10.1. The molecule has 224 valence electrons. The number of aliphatic hydroxyl groups excluding tert-OH is 2. The number of hydrogen-bond donors (Lipinski definition) is 3. The minimum Gasteiger partial charge on any atom is -0.394 e. The molecule has 0 aliphatic rings. The molecule has 0 saturated heterocycles. The molecule has 3 N–H and O–H groups in total. The van der Waals surface area contributed by atoms with Gasteiger partial charge in [0.15, 0.2) is 0 Å². The summed E-state index contributed by atoms with van der Waals surface area (Å²) in [4.78, 5) is 12.2. The number of nitrogens with one attached hydrogen (secondary N) is 1. The molecule has 0 aliphatic carbocycles. The van der Waals surface area contributed by atoms with Crippen LogP contribution in [0.2, 0.25) is 0 Å². The molecule has 4 nitrogen and oxygen atoms in total. The Kier molecular flexibility index (Phi) is 29.5. The quantitative estimate of drug-likeness (QED) is 0.0660. The monoisotopic (exact) mass is 535 g/mol. The van der Waals surface area contributed by atoms with Crippen molar-refractivity contribution in [2.45, 2.75) is 180 Å². The van der Waals surface area contributed by atoms with Crippen LogP contribution in [0.1, 0.15) is 168 Å². The number of hydrogen-bond acceptors (Lipinski definition) is 3. The van der Waals surface area contributed by atoms with Crippen molar-refractivity contribution < 1.29 is 15.0 Å². The van der Waals surface area contributed by atoms with Crippen molar-refractivity contribution >= 4 is 5.91 Å². The van der Waals surface area contributed by atoms with Gasteiger partial charge in [0.1, 0.15) is 0 Å². The Morgan fingerprint density at radius 2 is 1.00 bits per heavy atom. The van der Waals surface area contributed by atoms with E-state index in [4.69, 9.17) is 0 Å². The Morgan fingerprint density at radius 1 is 0.605 bits per heavy atom. The van der Waals surface area contributed by atoms with Crippen LogP contribution in [0.15, 0.2) is 24.3 Å². The van der Waals surface area contributed by atoms with Gasteiger partial charge >= 0.3 is 0 Å². The van der Waals surface area contributed by atoms with Crippen molar-refractivity contribution in [3.8, 4) is 0 Å². The summed E-state index contributed by atoms with van der Waals surface area (Å²) in [6.07, 6.45) is 36.7. The molecule has 0 saturated carbocycles. The Bertz CT molecular complexity index is 546. The van der Waals surface area contributed by atoms with Crippen LogP contribution in [0.5, 0.6) is 0 Å². The Labute approximate surface area is 237 Å². The van der Waals surface area contributed by atoms with E-state index in [1.54, 1.807) is 6.08 Å². The Balaban J connectivity index is 3.68. The number of aliphatic hydroxyl groups is 2. The predicted octanol–water partition coefficient (Wildman–Crippen LogP) is 9.34. The number of unbranched alkanes of at least 4 members (excludes halogenated alkanes) is 20. The average molecular weight is 536 g/mol. The molecule has 0 fully saturated rings. The van der Waals surface area contributed by atoms with E-state index in [2.05, 4.69) is 31.3 Å². The summed E-state index contributed by atoms with van der Waals surface area (Å²) in [6.45, 7) is 4.27. The molecule has 1 amide bonds. The molecule has 0 bridgehead atoms. The first-order valence-corrected chi connectivity index (χ1v) is 16.6. The van der Waals surface area contributed by atoms with E-state index < -0.39 is 12.1 Å². The summed E-state index contributed by atoms with van der Waals surface area (Å²) < 4.78 is 0. The third-order valence-corrected chi connectivity index (χ3v) is 7.43. The van der Waals surface area contributed by atoms with Crippen LogP contribution >= 0.6 is 0 Å². The zero-order valence-electron chi connectivity index (χ0n) is 25.4. The summed E-state index contributed by atoms with van der Waals surface area (Å²) >= 11 is 0. The van der Waals surface area contributed by atoms with Crippen molar-refractivity contribution in [2.24, 2.45) is 0 Å². The van der Waals surface area contributed by atoms with Gasteiger partial charge in [0.25, 0.3) is 0 Å². The number of rotatable bonds is 29. The first-order chi connectivity index (χ1) is 18.7. The van der Waals surface area contributed by atoms with Gasteiger partial charge in [0.05, 0.1) is 18.8 Å². The summed E-state index contributed by atoms with van der Waals surface area (Å²) in [6, 6.07) is -0.620. The smallest absolute Gasteiger partial charge is 0.220 e. The largest absolute Gasteiger partial charge is 0.394 e. The van der Waals surface area contributed by atoms with Crippen LogP contribution in [-0.4, -0.2) is 34.9 Å². The van der Waals surface area contributed by atoms with E-state index >= 15 is 0 Å². The van der Waals surface area contributed by atoms with Crippen molar-refractivity contribution in [1.29, 1.82) is 0 Å². The lowest BCUT2D eigenvalue weighted by Crippen LogP contribution is -2.45. The fraction of sp³-hybridized carbons (Fsp3) is 0.853. The van der Waals surface area contributed by atoms with Crippen LogP contribution in [0, 0.1) is 0 Å². The first-order valence-electron chi connectivity index (χ1n) is 16.6. The van der Waals surface area contributed by atoms with Gasteiger partial charge in [-0.25, -0.2) is 0 Å². The standard InChI is InChI=1S/C34H65NO3/c1-3-5-7-9-11-13-15-17-18-20-22-24-26-28-30-34(38)35-32(31-36)33(37)29-27-25-23-21-19-16-14-12-10-8-6-4-2/h15,17,27,29,32-33,36-37H,3-14,16,18-26,28,30-31H2,1-2H3,(H,35,38)/b17-15+,29-27+/t32-,33+/m0/s1. The van der Waals surface area contributed by atoms with Crippen molar-refractivity contribution in [3.05, 3.63) is 24.3 Å². The molecule has 0 heterocycles. The maximum absolute atomic E-state index is 12.2. The molecule has 0 radical (unpaired) electrons.